The molecule has 6 heteroatoms. The van der Waals surface area contributed by atoms with E-state index in [0.29, 0.717) is 37.4 Å². The third kappa shape index (κ3) is 10.6. The van der Waals surface area contributed by atoms with Crippen LogP contribution in [0.15, 0.2) is 123 Å². The Morgan fingerprint density at radius 2 is 1.24 bits per heavy atom. The standard InChI is InChI=1S/C45H50O6/c1-7-17-33-20-12-13-23-41(33)50-43(46)36-21-16-22-37(30-36)44(47)51-42-27-24-38(31-35(42)19-9-3)45(4,5)40-26-25-39(32-34(40)18-8-2)49-29-15-11-10-14-28-48-6/h7-9,12-13,16,20-27,30-32H,1-3,10-11,14-15,17-19,28-29H2,4-6H3. The highest BCUT2D eigenvalue weighted by Gasteiger charge is 2.27. The van der Waals surface area contributed by atoms with Crippen LogP contribution in [0.4, 0.5) is 0 Å². The third-order valence-corrected chi connectivity index (χ3v) is 8.85. The van der Waals surface area contributed by atoms with Crippen molar-refractivity contribution in [3.05, 3.63) is 162 Å². The van der Waals surface area contributed by atoms with Crippen LogP contribution in [0.25, 0.3) is 0 Å². The average Bonchev–Trinajstić information content (AvgIpc) is 3.13. The highest BCUT2D eigenvalue weighted by atomic mass is 16.5. The van der Waals surface area contributed by atoms with Crippen molar-refractivity contribution in [3.8, 4) is 17.2 Å². The smallest absolute Gasteiger partial charge is 0.343 e. The zero-order chi connectivity index (χ0) is 36.6. The second-order valence-electron chi connectivity index (χ2n) is 13.0. The first-order valence-electron chi connectivity index (χ1n) is 17.5. The van der Waals surface area contributed by atoms with Crippen LogP contribution in [-0.2, 0) is 29.4 Å². The van der Waals surface area contributed by atoms with Crippen molar-refractivity contribution >= 4 is 11.9 Å². The predicted molar refractivity (Wildman–Crippen MR) is 205 cm³/mol. The highest BCUT2D eigenvalue weighted by Crippen LogP contribution is 2.38. The van der Waals surface area contributed by atoms with Crippen LogP contribution >= 0.6 is 0 Å². The van der Waals surface area contributed by atoms with Gasteiger partial charge in [-0.15, -0.1) is 19.7 Å². The molecule has 4 aromatic carbocycles. The van der Waals surface area contributed by atoms with Gasteiger partial charge in [-0.3, -0.25) is 0 Å². The van der Waals surface area contributed by atoms with Gasteiger partial charge in [0.15, 0.2) is 0 Å². The maximum Gasteiger partial charge on any atom is 0.343 e. The molecule has 0 saturated heterocycles. The summed E-state index contributed by atoms with van der Waals surface area (Å²) < 4.78 is 22.9. The van der Waals surface area contributed by atoms with Gasteiger partial charge in [0.2, 0.25) is 0 Å². The van der Waals surface area contributed by atoms with E-state index in [1.807, 2.05) is 36.4 Å². The predicted octanol–water partition coefficient (Wildman–Crippen LogP) is 10.2. The number of hydrogen-bond donors (Lipinski definition) is 0. The highest BCUT2D eigenvalue weighted by molar-refractivity contribution is 5.97. The van der Waals surface area contributed by atoms with Crippen LogP contribution in [0, 0.1) is 0 Å². The van der Waals surface area contributed by atoms with E-state index in [0.717, 1.165) is 60.3 Å². The number of carbonyl (C=O) groups is 2. The maximum absolute atomic E-state index is 13.4. The molecule has 0 aliphatic rings. The van der Waals surface area contributed by atoms with Crippen molar-refractivity contribution in [3.63, 3.8) is 0 Å². The van der Waals surface area contributed by atoms with Gasteiger partial charge in [0, 0.05) is 19.1 Å². The second kappa shape index (κ2) is 19.3. The zero-order valence-electron chi connectivity index (χ0n) is 30.2. The molecule has 0 radical (unpaired) electrons. The lowest BCUT2D eigenvalue weighted by atomic mass is 9.75. The minimum atomic E-state index is -0.576. The number of allylic oxidation sites excluding steroid dienone is 3. The summed E-state index contributed by atoms with van der Waals surface area (Å²) in [4.78, 5) is 26.5. The van der Waals surface area contributed by atoms with Crippen LogP contribution in [0.3, 0.4) is 0 Å². The summed E-state index contributed by atoms with van der Waals surface area (Å²) in [5.41, 5.74) is 5.15. The number of hydrogen-bond acceptors (Lipinski definition) is 6. The summed E-state index contributed by atoms with van der Waals surface area (Å²) in [6.07, 6.45) is 11.5. The summed E-state index contributed by atoms with van der Waals surface area (Å²) in [6.45, 7) is 17.6. The quantitative estimate of drug-likeness (QED) is 0.0399. The number of carbonyl (C=O) groups excluding carboxylic acids is 2. The molecule has 0 fully saturated rings. The summed E-state index contributed by atoms with van der Waals surface area (Å²) >= 11 is 0. The van der Waals surface area contributed by atoms with E-state index in [1.54, 1.807) is 49.6 Å². The van der Waals surface area contributed by atoms with Gasteiger partial charge in [-0.05, 0) is 109 Å². The van der Waals surface area contributed by atoms with Crippen LogP contribution in [0.5, 0.6) is 17.2 Å². The number of methoxy groups -OCH3 is 1. The average molecular weight is 687 g/mol. The lowest BCUT2D eigenvalue weighted by Crippen LogP contribution is -2.21. The number of rotatable bonds is 20. The monoisotopic (exact) mass is 686 g/mol. The SMILES string of the molecule is C=CCc1ccccc1OC(=O)c1cccc(C(=O)Oc2ccc(C(C)(C)c3ccc(OCCCCCCOC)cc3CC=C)cc2CC=C)c1. The topological polar surface area (TPSA) is 71.1 Å². The molecule has 0 saturated carbocycles. The molecule has 4 rings (SSSR count). The van der Waals surface area contributed by atoms with Gasteiger partial charge < -0.3 is 18.9 Å². The summed E-state index contributed by atoms with van der Waals surface area (Å²) in [5, 5.41) is 0. The zero-order valence-corrected chi connectivity index (χ0v) is 30.2. The summed E-state index contributed by atoms with van der Waals surface area (Å²) in [6, 6.07) is 25.9. The fourth-order valence-electron chi connectivity index (χ4n) is 6.04. The second-order valence-corrected chi connectivity index (χ2v) is 13.0. The molecule has 0 spiro atoms. The first-order valence-corrected chi connectivity index (χ1v) is 17.5. The van der Waals surface area contributed by atoms with Gasteiger partial charge in [-0.1, -0.05) is 81.0 Å². The van der Waals surface area contributed by atoms with E-state index in [2.05, 4.69) is 51.8 Å². The van der Waals surface area contributed by atoms with E-state index in [4.69, 9.17) is 18.9 Å². The van der Waals surface area contributed by atoms with Crippen molar-refractivity contribution in [1.82, 2.24) is 0 Å². The Kier molecular flexibility index (Phi) is 14.6. The molecule has 0 heterocycles. The van der Waals surface area contributed by atoms with Crippen molar-refractivity contribution in [2.24, 2.45) is 0 Å². The van der Waals surface area contributed by atoms with Gasteiger partial charge in [0.25, 0.3) is 0 Å². The molecule has 0 aliphatic heterocycles. The van der Waals surface area contributed by atoms with Gasteiger partial charge >= 0.3 is 11.9 Å². The Morgan fingerprint density at radius 1 is 0.627 bits per heavy atom. The van der Waals surface area contributed by atoms with E-state index >= 15 is 0 Å². The largest absolute Gasteiger partial charge is 0.494 e. The van der Waals surface area contributed by atoms with Gasteiger partial charge in [-0.2, -0.15) is 0 Å². The Morgan fingerprint density at radius 3 is 1.90 bits per heavy atom. The van der Waals surface area contributed by atoms with E-state index in [1.165, 1.54) is 11.6 Å². The molecular formula is C45H50O6. The molecular weight excluding hydrogens is 636 g/mol. The fourth-order valence-corrected chi connectivity index (χ4v) is 6.04. The fraction of sp³-hybridized carbons (Fsp3) is 0.289. The van der Waals surface area contributed by atoms with Gasteiger partial charge in [-0.25, -0.2) is 9.59 Å². The molecule has 0 aromatic heterocycles. The molecule has 0 unspecified atom stereocenters. The van der Waals surface area contributed by atoms with Gasteiger partial charge in [0.05, 0.1) is 17.7 Å². The first-order chi connectivity index (χ1) is 24.7. The molecule has 0 amide bonds. The minimum Gasteiger partial charge on any atom is -0.494 e. The van der Waals surface area contributed by atoms with E-state index < -0.39 is 11.9 Å². The number of unbranched alkanes of at least 4 members (excludes halogenated alkanes) is 3. The normalized spacial score (nSPS) is 11.0. The van der Waals surface area contributed by atoms with Crippen molar-refractivity contribution < 1.29 is 28.5 Å². The molecule has 51 heavy (non-hydrogen) atoms. The summed E-state index contributed by atoms with van der Waals surface area (Å²) in [7, 11) is 1.74. The van der Waals surface area contributed by atoms with E-state index in [-0.39, 0.29) is 16.5 Å². The molecule has 4 aromatic rings. The van der Waals surface area contributed by atoms with Crippen molar-refractivity contribution in [2.45, 2.75) is 64.2 Å². The summed E-state index contributed by atoms with van der Waals surface area (Å²) in [5.74, 6) is 0.598. The number of para-hydroxylation sites is 1. The Bertz CT molecular complexity index is 1820. The Labute approximate surface area is 303 Å². The number of benzene rings is 4. The molecule has 0 aliphatic carbocycles. The number of ether oxygens (including phenoxy) is 4. The van der Waals surface area contributed by atoms with Crippen LogP contribution in [-0.4, -0.2) is 32.3 Å². The Hall–Kier alpha value is -5.20. The third-order valence-electron chi connectivity index (χ3n) is 8.85. The molecule has 266 valence electrons. The van der Waals surface area contributed by atoms with Gasteiger partial charge in [0.1, 0.15) is 17.2 Å². The van der Waals surface area contributed by atoms with Crippen molar-refractivity contribution in [1.29, 1.82) is 0 Å². The minimum absolute atomic E-state index is 0.236. The van der Waals surface area contributed by atoms with Crippen LogP contribution in [0.1, 0.15) is 88.1 Å². The lowest BCUT2D eigenvalue weighted by molar-refractivity contribution is 0.0733. The Balaban J connectivity index is 1.50. The maximum atomic E-state index is 13.4. The first kappa shape index (κ1) is 38.6. The van der Waals surface area contributed by atoms with Crippen LogP contribution < -0.4 is 14.2 Å². The molecule has 0 N–H and O–H groups in total. The van der Waals surface area contributed by atoms with Crippen molar-refractivity contribution in [2.75, 3.05) is 20.3 Å². The van der Waals surface area contributed by atoms with E-state index in [9.17, 15) is 9.59 Å². The molecule has 6 nitrogen and oxygen atoms in total. The molecule has 0 bridgehead atoms. The molecule has 0 atom stereocenters. The lowest BCUT2D eigenvalue weighted by Gasteiger charge is -2.30. The number of esters is 2. The van der Waals surface area contributed by atoms with Crippen LogP contribution in [0.2, 0.25) is 0 Å².